The zero-order valence-corrected chi connectivity index (χ0v) is 18.0. The van der Waals surface area contributed by atoms with Crippen LogP contribution in [0.25, 0.3) is 0 Å². The number of rotatable bonds is 9. The van der Waals surface area contributed by atoms with Gasteiger partial charge in [0.2, 0.25) is 0 Å². The van der Waals surface area contributed by atoms with Gasteiger partial charge in [0.15, 0.2) is 0 Å². The van der Waals surface area contributed by atoms with Gasteiger partial charge in [0.25, 0.3) is 0 Å². The third-order valence-electron chi connectivity index (χ3n) is 5.84. The fraction of sp³-hybridized carbons (Fsp3) is 0.440. The molecule has 0 saturated heterocycles. The van der Waals surface area contributed by atoms with Crippen LogP contribution in [-0.2, 0) is 21.0 Å². The fourth-order valence-electron chi connectivity index (χ4n) is 3.54. The summed E-state index contributed by atoms with van der Waals surface area (Å²) in [6.07, 6.45) is 9.97. The number of oxime groups is 1. The summed E-state index contributed by atoms with van der Waals surface area (Å²) in [5, 5.41) is 4.05. The molecule has 1 fully saturated rings. The lowest BCUT2D eigenvalue weighted by atomic mass is 9.97. The standard InChI is InChI=1S/C25H29NO4/c1-6-17(3)30-26-14-21-23(25(21,4)5)24(27)29-16-18-13-22(28-15-18)20(7-2)19-11-9-8-10-12-19/h2,8-15,17,20-21,23H,6,16H2,1,3-5H3/t17?,20?,21-,23+/m1/s1. The van der Waals surface area contributed by atoms with E-state index in [1.807, 2.05) is 64.1 Å². The van der Waals surface area contributed by atoms with E-state index in [1.54, 1.807) is 12.5 Å². The van der Waals surface area contributed by atoms with Crippen LogP contribution < -0.4 is 0 Å². The molecule has 0 N–H and O–H groups in total. The Kier molecular flexibility index (Phi) is 6.66. The highest BCUT2D eigenvalue weighted by Crippen LogP contribution is 2.57. The van der Waals surface area contributed by atoms with Gasteiger partial charge in [-0.25, -0.2) is 0 Å². The van der Waals surface area contributed by atoms with Crippen molar-refractivity contribution in [3.8, 4) is 12.3 Å². The van der Waals surface area contributed by atoms with Crippen molar-refractivity contribution in [1.82, 2.24) is 0 Å². The Bertz CT molecular complexity index is 922. The Hall–Kier alpha value is -3.00. The molecule has 0 bridgehead atoms. The molecule has 0 amide bonds. The van der Waals surface area contributed by atoms with Crippen LogP contribution in [0.2, 0.25) is 0 Å². The van der Waals surface area contributed by atoms with E-state index in [2.05, 4.69) is 11.1 Å². The first-order chi connectivity index (χ1) is 14.4. The van der Waals surface area contributed by atoms with Crippen LogP contribution in [0.1, 0.15) is 56.9 Å². The number of hydrogen-bond acceptors (Lipinski definition) is 5. The highest BCUT2D eigenvalue weighted by atomic mass is 16.6. The van der Waals surface area contributed by atoms with Crippen LogP contribution in [-0.4, -0.2) is 18.3 Å². The topological polar surface area (TPSA) is 61.0 Å². The normalized spacial score (nSPS) is 21.6. The second-order valence-corrected chi connectivity index (χ2v) is 8.38. The molecule has 1 aliphatic carbocycles. The van der Waals surface area contributed by atoms with Crippen molar-refractivity contribution in [2.75, 3.05) is 0 Å². The van der Waals surface area contributed by atoms with Crippen LogP contribution in [0, 0.1) is 29.6 Å². The first-order valence-corrected chi connectivity index (χ1v) is 10.3. The van der Waals surface area contributed by atoms with E-state index in [0.717, 1.165) is 17.5 Å². The van der Waals surface area contributed by atoms with Crippen LogP contribution in [0.5, 0.6) is 0 Å². The van der Waals surface area contributed by atoms with Crippen LogP contribution in [0.4, 0.5) is 0 Å². The number of terminal acetylenes is 1. The summed E-state index contributed by atoms with van der Waals surface area (Å²) in [4.78, 5) is 17.9. The van der Waals surface area contributed by atoms with Crippen molar-refractivity contribution in [2.24, 2.45) is 22.4 Å². The molecule has 3 rings (SSSR count). The van der Waals surface area contributed by atoms with Gasteiger partial charge in [-0.05, 0) is 30.4 Å². The van der Waals surface area contributed by atoms with Crippen molar-refractivity contribution < 1.29 is 18.8 Å². The number of furan rings is 1. The number of ether oxygens (including phenoxy) is 1. The highest BCUT2D eigenvalue weighted by molar-refractivity contribution is 5.85. The maximum atomic E-state index is 12.6. The van der Waals surface area contributed by atoms with Gasteiger partial charge >= 0.3 is 5.97 Å². The number of carbonyl (C=O) groups excluding carboxylic acids is 1. The quantitative estimate of drug-likeness (QED) is 0.249. The Morgan fingerprint density at radius 3 is 2.77 bits per heavy atom. The van der Waals surface area contributed by atoms with Crippen molar-refractivity contribution >= 4 is 12.2 Å². The van der Waals surface area contributed by atoms with Crippen LogP contribution in [0.15, 0.2) is 52.2 Å². The van der Waals surface area contributed by atoms with Gasteiger partial charge in [-0.2, -0.15) is 0 Å². The maximum absolute atomic E-state index is 12.6. The summed E-state index contributed by atoms with van der Waals surface area (Å²) in [5.41, 5.74) is 1.57. The minimum Gasteiger partial charge on any atom is -0.467 e. The Morgan fingerprint density at radius 2 is 2.10 bits per heavy atom. The Labute approximate surface area is 178 Å². The van der Waals surface area contributed by atoms with E-state index in [0.29, 0.717) is 5.76 Å². The minimum atomic E-state index is -0.274. The average Bonchev–Trinajstić information content (AvgIpc) is 3.05. The van der Waals surface area contributed by atoms with Gasteiger partial charge < -0.3 is 14.0 Å². The first kappa shape index (κ1) is 21.7. The molecule has 1 aromatic carbocycles. The predicted molar refractivity (Wildman–Crippen MR) is 116 cm³/mol. The summed E-state index contributed by atoms with van der Waals surface area (Å²) < 4.78 is 11.2. The molecule has 158 valence electrons. The fourth-order valence-corrected chi connectivity index (χ4v) is 3.54. The number of hydrogen-bond donors (Lipinski definition) is 0. The third-order valence-corrected chi connectivity index (χ3v) is 5.84. The molecule has 1 aliphatic rings. The van der Waals surface area contributed by atoms with Gasteiger partial charge in [-0.15, -0.1) is 6.42 Å². The summed E-state index contributed by atoms with van der Waals surface area (Å²) >= 11 is 0. The molecule has 30 heavy (non-hydrogen) atoms. The molecular formula is C25H29NO4. The zero-order chi connectivity index (χ0) is 21.7. The third kappa shape index (κ3) is 4.76. The second-order valence-electron chi connectivity index (χ2n) is 8.38. The monoisotopic (exact) mass is 407 g/mol. The number of benzene rings is 1. The molecule has 5 nitrogen and oxygen atoms in total. The Balaban J connectivity index is 1.56. The van der Waals surface area contributed by atoms with Crippen molar-refractivity contribution in [2.45, 2.75) is 52.7 Å². The lowest BCUT2D eigenvalue weighted by Gasteiger charge is -2.07. The van der Waals surface area contributed by atoms with E-state index in [1.165, 1.54) is 0 Å². The van der Waals surface area contributed by atoms with Gasteiger partial charge in [0, 0.05) is 17.7 Å². The second kappa shape index (κ2) is 9.21. The summed E-state index contributed by atoms with van der Waals surface area (Å²) in [6, 6.07) is 11.6. The molecule has 1 aromatic heterocycles. The van der Waals surface area contributed by atoms with E-state index in [-0.39, 0.29) is 41.8 Å². The molecule has 0 aliphatic heterocycles. The van der Waals surface area contributed by atoms with Gasteiger partial charge in [-0.1, -0.05) is 62.2 Å². The average molecular weight is 408 g/mol. The molecule has 2 unspecified atom stereocenters. The highest BCUT2D eigenvalue weighted by Gasteiger charge is 2.62. The molecular weight excluding hydrogens is 378 g/mol. The van der Waals surface area contributed by atoms with Gasteiger partial charge in [-0.3, -0.25) is 4.79 Å². The van der Waals surface area contributed by atoms with E-state index in [9.17, 15) is 4.79 Å². The van der Waals surface area contributed by atoms with E-state index < -0.39 is 0 Å². The van der Waals surface area contributed by atoms with Crippen molar-refractivity contribution in [3.63, 3.8) is 0 Å². The lowest BCUT2D eigenvalue weighted by molar-refractivity contribution is -0.147. The number of nitrogens with zero attached hydrogens (tertiary/aromatic N) is 1. The molecule has 4 atom stereocenters. The first-order valence-electron chi connectivity index (χ1n) is 10.3. The maximum Gasteiger partial charge on any atom is 0.310 e. The van der Waals surface area contributed by atoms with Gasteiger partial charge in [0.05, 0.1) is 12.2 Å². The molecule has 1 saturated carbocycles. The molecule has 2 aromatic rings. The smallest absolute Gasteiger partial charge is 0.310 e. The Morgan fingerprint density at radius 1 is 1.37 bits per heavy atom. The molecule has 1 heterocycles. The molecule has 0 radical (unpaired) electrons. The predicted octanol–water partition coefficient (Wildman–Crippen LogP) is 5.16. The lowest BCUT2D eigenvalue weighted by Crippen LogP contribution is -2.10. The SMILES string of the molecule is C#CC(c1ccccc1)c1cc(COC(=O)[C@@H]2[C@@H](C=NOC(C)CC)C2(C)C)co1. The van der Waals surface area contributed by atoms with Crippen molar-refractivity contribution in [3.05, 3.63) is 59.5 Å². The number of esters is 1. The summed E-state index contributed by atoms with van der Waals surface area (Å²) in [7, 11) is 0. The largest absolute Gasteiger partial charge is 0.467 e. The van der Waals surface area contributed by atoms with Crippen LogP contribution >= 0.6 is 0 Å². The molecule has 5 heteroatoms. The number of carbonyl (C=O) groups is 1. The van der Waals surface area contributed by atoms with E-state index >= 15 is 0 Å². The van der Waals surface area contributed by atoms with E-state index in [4.69, 9.17) is 20.4 Å². The summed E-state index contributed by atoms with van der Waals surface area (Å²) in [5.74, 6) is 2.70. The molecule has 0 spiro atoms. The van der Waals surface area contributed by atoms with Crippen LogP contribution in [0.3, 0.4) is 0 Å². The summed E-state index contributed by atoms with van der Waals surface area (Å²) in [6.45, 7) is 8.21. The van der Waals surface area contributed by atoms with Crippen molar-refractivity contribution in [1.29, 1.82) is 0 Å². The minimum absolute atomic E-state index is 0.0119. The van der Waals surface area contributed by atoms with Gasteiger partial charge in [0.1, 0.15) is 24.4 Å². The zero-order valence-electron chi connectivity index (χ0n) is 18.0.